The second-order valence-electron chi connectivity index (χ2n) is 6.89. The molecule has 3 aromatic rings. The molecule has 0 bridgehead atoms. The van der Waals surface area contributed by atoms with Crippen LogP contribution >= 0.6 is 0 Å². The molecule has 1 amide bonds. The third-order valence-corrected chi connectivity index (χ3v) is 5.27. The molecule has 138 valence electrons. The monoisotopic (exact) mass is 363 g/mol. The van der Waals surface area contributed by atoms with Crippen LogP contribution in [-0.2, 0) is 11.3 Å². The molecule has 6 heteroatoms. The number of hydrogen-bond donors (Lipinski definition) is 1. The van der Waals surface area contributed by atoms with E-state index in [1.165, 1.54) is 0 Å². The lowest BCUT2D eigenvalue weighted by molar-refractivity contribution is -0.130. The minimum absolute atomic E-state index is 0.0790. The molecular weight excluding hydrogens is 342 g/mol. The second-order valence-corrected chi connectivity index (χ2v) is 6.89. The summed E-state index contributed by atoms with van der Waals surface area (Å²) in [5.41, 5.74) is 3.11. The number of likely N-dealkylation sites (tertiary alicyclic amines) is 1. The summed E-state index contributed by atoms with van der Waals surface area (Å²) in [5.74, 6) is -0.735. The highest BCUT2D eigenvalue weighted by Crippen LogP contribution is 2.30. The van der Waals surface area contributed by atoms with Gasteiger partial charge >= 0.3 is 5.97 Å². The van der Waals surface area contributed by atoms with Gasteiger partial charge in [-0.2, -0.15) is 0 Å². The van der Waals surface area contributed by atoms with E-state index in [0.29, 0.717) is 31.6 Å². The Morgan fingerprint density at radius 2 is 1.89 bits per heavy atom. The number of fused-ring (bicyclic) bond motifs is 1. The van der Waals surface area contributed by atoms with Crippen molar-refractivity contribution in [1.29, 1.82) is 0 Å². The van der Waals surface area contributed by atoms with Crippen molar-refractivity contribution in [1.82, 2.24) is 14.5 Å². The number of aromatic carboxylic acids is 1. The molecule has 0 radical (unpaired) electrons. The first kappa shape index (κ1) is 17.3. The summed E-state index contributed by atoms with van der Waals surface area (Å²) in [6.07, 6.45) is 2.98. The van der Waals surface area contributed by atoms with E-state index in [1.54, 1.807) is 18.5 Å². The Hall–Kier alpha value is -3.15. The van der Waals surface area contributed by atoms with Gasteiger partial charge in [-0.3, -0.25) is 4.79 Å². The number of aromatic nitrogens is 2. The lowest BCUT2D eigenvalue weighted by Crippen LogP contribution is -2.29. The average molecular weight is 363 g/mol. The summed E-state index contributed by atoms with van der Waals surface area (Å²) in [6.45, 7) is 1.84. The third-order valence-electron chi connectivity index (χ3n) is 5.27. The molecule has 1 atom stereocenters. The molecule has 1 aromatic heterocycles. The van der Waals surface area contributed by atoms with Crippen molar-refractivity contribution in [2.75, 3.05) is 13.1 Å². The second kappa shape index (κ2) is 7.23. The lowest BCUT2D eigenvalue weighted by atomic mass is 9.93. The number of nitrogens with zero attached hydrogens (tertiary/aromatic N) is 3. The first-order valence-electron chi connectivity index (χ1n) is 9.13. The number of carboxylic acids is 1. The lowest BCUT2D eigenvalue weighted by Gasteiger charge is -2.18. The molecule has 4 rings (SSSR count). The highest BCUT2D eigenvalue weighted by Gasteiger charge is 2.29. The summed E-state index contributed by atoms with van der Waals surface area (Å²) < 4.78 is 2.00. The van der Waals surface area contributed by atoms with Crippen LogP contribution in [0.25, 0.3) is 11.0 Å². The number of hydrogen-bond acceptors (Lipinski definition) is 3. The molecule has 0 aliphatic carbocycles. The topological polar surface area (TPSA) is 75.4 Å². The molecule has 27 heavy (non-hydrogen) atoms. The zero-order valence-corrected chi connectivity index (χ0v) is 14.9. The molecular formula is C21H21N3O3. The van der Waals surface area contributed by atoms with Crippen LogP contribution in [0.5, 0.6) is 0 Å². The SMILES string of the molecule is O=C(O)c1ccccc1C1CCN(C(=O)CCn2cnc3ccccc32)C1. The summed E-state index contributed by atoms with van der Waals surface area (Å²) in [5, 5.41) is 9.39. The fraction of sp³-hybridized carbons (Fsp3) is 0.286. The fourth-order valence-corrected chi connectivity index (χ4v) is 3.85. The third kappa shape index (κ3) is 3.43. The number of rotatable bonds is 5. The van der Waals surface area contributed by atoms with Crippen LogP contribution in [0.4, 0.5) is 0 Å². The van der Waals surface area contributed by atoms with Crippen LogP contribution in [0.3, 0.4) is 0 Å². The van der Waals surface area contributed by atoms with E-state index in [2.05, 4.69) is 4.98 Å². The molecule has 6 nitrogen and oxygen atoms in total. The molecule has 2 aromatic carbocycles. The molecule has 1 N–H and O–H groups in total. The molecule has 1 saturated heterocycles. The summed E-state index contributed by atoms with van der Waals surface area (Å²) in [6, 6.07) is 15.0. The minimum Gasteiger partial charge on any atom is -0.478 e. The molecule has 1 aliphatic rings. The van der Waals surface area contributed by atoms with Crippen molar-refractivity contribution >= 4 is 22.9 Å². The molecule has 1 fully saturated rings. The predicted octanol–water partition coefficient (Wildman–Crippen LogP) is 3.14. The maximum absolute atomic E-state index is 12.6. The number of imidazole rings is 1. The number of benzene rings is 2. The number of carboxylic acid groups (broad SMARTS) is 1. The van der Waals surface area contributed by atoms with Gasteiger partial charge in [-0.1, -0.05) is 30.3 Å². The van der Waals surface area contributed by atoms with Crippen molar-refractivity contribution in [3.63, 3.8) is 0 Å². The van der Waals surface area contributed by atoms with Crippen molar-refractivity contribution in [2.24, 2.45) is 0 Å². The number of carbonyl (C=O) groups excluding carboxylic acids is 1. The van der Waals surface area contributed by atoms with Gasteiger partial charge < -0.3 is 14.6 Å². The van der Waals surface area contributed by atoms with Crippen LogP contribution in [-0.4, -0.2) is 44.5 Å². The van der Waals surface area contributed by atoms with Gasteiger partial charge in [-0.15, -0.1) is 0 Å². The van der Waals surface area contributed by atoms with Gasteiger partial charge in [0.25, 0.3) is 0 Å². The van der Waals surface area contributed by atoms with Crippen molar-refractivity contribution in [2.45, 2.75) is 25.3 Å². The van der Waals surface area contributed by atoms with Gasteiger partial charge in [0.2, 0.25) is 5.91 Å². The van der Waals surface area contributed by atoms with Crippen molar-refractivity contribution < 1.29 is 14.7 Å². The normalized spacial score (nSPS) is 16.7. The Labute approximate surface area is 157 Å². The summed E-state index contributed by atoms with van der Waals surface area (Å²) in [7, 11) is 0. The number of para-hydroxylation sites is 2. The Kier molecular flexibility index (Phi) is 4.62. The van der Waals surface area contributed by atoms with Gasteiger partial charge in [-0.25, -0.2) is 9.78 Å². The molecule has 0 spiro atoms. The van der Waals surface area contributed by atoms with Gasteiger partial charge in [-0.05, 0) is 30.2 Å². The maximum Gasteiger partial charge on any atom is 0.335 e. The van der Waals surface area contributed by atoms with Crippen LogP contribution in [0, 0.1) is 0 Å². The highest BCUT2D eigenvalue weighted by atomic mass is 16.4. The zero-order chi connectivity index (χ0) is 18.8. The van der Waals surface area contributed by atoms with E-state index in [1.807, 2.05) is 45.9 Å². The van der Waals surface area contributed by atoms with Crippen LogP contribution < -0.4 is 0 Å². The first-order chi connectivity index (χ1) is 13.1. The first-order valence-corrected chi connectivity index (χ1v) is 9.13. The number of carbonyl (C=O) groups is 2. The van der Waals surface area contributed by atoms with Crippen LogP contribution in [0.1, 0.15) is 34.7 Å². The molecule has 2 heterocycles. The predicted molar refractivity (Wildman–Crippen MR) is 102 cm³/mol. The standard InChI is InChI=1S/C21H21N3O3/c25-20(10-12-24-14-22-18-7-3-4-8-19(18)24)23-11-9-15(13-23)16-5-1-2-6-17(16)21(26)27/h1-8,14-15H,9-13H2,(H,26,27). The van der Waals surface area contributed by atoms with Crippen molar-refractivity contribution in [3.8, 4) is 0 Å². The molecule has 1 unspecified atom stereocenters. The quantitative estimate of drug-likeness (QED) is 0.756. The summed E-state index contributed by atoms with van der Waals surface area (Å²) >= 11 is 0. The molecule has 0 saturated carbocycles. The van der Waals surface area contributed by atoms with E-state index >= 15 is 0 Å². The Balaban J connectivity index is 1.40. The van der Waals surface area contributed by atoms with Gasteiger partial charge in [0, 0.05) is 32.0 Å². The highest BCUT2D eigenvalue weighted by molar-refractivity contribution is 5.89. The average Bonchev–Trinajstić information content (AvgIpc) is 3.33. The number of amides is 1. The smallest absolute Gasteiger partial charge is 0.335 e. The van der Waals surface area contributed by atoms with Crippen molar-refractivity contribution in [3.05, 3.63) is 66.0 Å². The largest absolute Gasteiger partial charge is 0.478 e. The van der Waals surface area contributed by atoms with E-state index in [9.17, 15) is 14.7 Å². The van der Waals surface area contributed by atoms with Gasteiger partial charge in [0.1, 0.15) is 0 Å². The summed E-state index contributed by atoms with van der Waals surface area (Å²) in [4.78, 5) is 30.3. The molecule has 1 aliphatic heterocycles. The van der Waals surface area contributed by atoms with E-state index < -0.39 is 5.97 Å². The fourth-order valence-electron chi connectivity index (χ4n) is 3.85. The van der Waals surface area contributed by atoms with Crippen LogP contribution in [0.15, 0.2) is 54.9 Å². The Morgan fingerprint density at radius 1 is 1.11 bits per heavy atom. The number of aryl methyl sites for hydroxylation is 1. The zero-order valence-electron chi connectivity index (χ0n) is 14.9. The van der Waals surface area contributed by atoms with E-state index in [4.69, 9.17) is 0 Å². The van der Waals surface area contributed by atoms with E-state index in [-0.39, 0.29) is 11.8 Å². The minimum atomic E-state index is -0.914. The maximum atomic E-state index is 12.6. The Bertz CT molecular complexity index is 995. The van der Waals surface area contributed by atoms with Crippen LogP contribution in [0.2, 0.25) is 0 Å². The Morgan fingerprint density at radius 3 is 2.74 bits per heavy atom. The van der Waals surface area contributed by atoms with E-state index in [0.717, 1.165) is 23.0 Å². The van der Waals surface area contributed by atoms with Gasteiger partial charge in [0.05, 0.1) is 22.9 Å². The van der Waals surface area contributed by atoms with Gasteiger partial charge in [0.15, 0.2) is 0 Å².